The zero-order valence-electron chi connectivity index (χ0n) is 47.5. The number of nitrogens with zero attached hydrogens (tertiary/aromatic N) is 5. The summed E-state index contributed by atoms with van der Waals surface area (Å²) in [7, 11) is 10.8. The number of aliphatic hydroxyl groups excluding tert-OH is 2. The fourth-order valence-corrected chi connectivity index (χ4v) is 11.4. The number of methoxy groups -OCH3 is 1. The number of pyridine rings is 1. The van der Waals surface area contributed by atoms with Gasteiger partial charge in [-0.25, -0.2) is 4.79 Å². The third-order valence-electron chi connectivity index (χ3n) is 15.8. The number of likely N-dealkylation sites (N-methyl/N-ethyl adjacent to an activating group) is 2. The van der Waals surface area contributed by atoms with Gasteiger partial charge in [-0.15, -0.1) is 0 Å². The summed E-state index contributed by atoms with van der Waals surface area (Å²) in [6.07, 6.45) is -6.75. The third kappa shape index (κ3) is 14.5. The van der Waals surface area contributed by atoms with E-state index in [1.165, 1.54) is 13.1 Å². The van der Waals surface area contributed by atoms with Crippen LogP contribution in [0, 0.1) is 17.8 Å². The molecule has 432 valence electrons. The first-order chi connectivity index (χ1) is 35.5. The maximum atomic E-state index is 14.5. The zero-order valence-corrected chi connectivity index (χ0v) is 47.5. The molecule has 0 radical (unpaired) electrons. The molecule has 22 nitrogen and oxygen atoms in total. The van der Waals surface area contributed by atoms with Crippen molar-refractivity contribution >= 4 is 28.6 Å². The maximum Gasteiger partial charge on any atom is 0.341 e. The monoisotopic (exact) mass is 1080 g/mol. The molecular formula is C54H90N6O16. The van der Waals surface area contributed by atoms with E-state index in [2.05, 4.69) is 10.1 Å². The highest BCUT2D eigenvalue weighted by Gasteiger charge is 2.54. The normalized spacial score (nSPS) is 36.7. The van der Waals surface area contributed by atoms with Crippen LogP contribution in [0.5, 0.6) is 0 Å². The van der Waals surface area contributed by atoms with Crippen molar-refractivity contribution in [3.8, 4) is 0 Å². The molecule has 22 heteroatoms. The van der Waals surface area contributed by atoms with E-state index in [1.54, 1.807) is 71.6 Å². The fraction of sp³-hybridized carbons (Fsp3) is 0.778. The second kappa shape index (κ2) is 26.4. The molecule has 0 amide bonds. The van der Waals surface area contributed by atoms with Gasteiger partial charge < -0.3 is 78.3 Å². The van der Waals surface area contributed by atoms with Gasteiger partial charge in [-0.05, 0) is 119 Å². The van der Waals surface area contributed by atoms with Crippen LogP contribution in [-0.4, -0.2) is 211 Å². The van der Waals surface area contributed by atoms with Gasteiger partial charge >= 0.3 is 11.9 Å². The number of aromatic carboxylic acids is 1. The van der Waals surface area contributed by atoms with Gasteiger partial charge in [0.25, 0.3) is 0 Å². The van der Waals surface area contributed by atoms with E-state index in [1.807, 2.05) is 58.9 Å². The summed E-state index contributed by atoms with van der Waals surface area (Å²) in [4.78, 5) is 48.8. The van der Waals surface area contributed by atoms with Gasteiger partial charge in [0.2, 0.25) is 5.43 Å². The van der Waals surface area contributed by atoms with E-state index in [0.29, 0.717) is 43.4 Å². The number of carboxylic acids is 1. The van der Waals surface area contributed by atoms with Crippen LogP contribution in [0.2, 0.25) is 0 Å². The van der Waals surface area contributed by atoms with E-state index in [9.17, 15) is 39.9 Å². The number of fused-ring (bicyclic) bond motifs is 1. The molecule has 0 spiro atoms. The highest BCUT2D eigenvalue weighted by Crippen LogP contribution is 2.41. The van der Waals surface area contributed by atoms with Crippen LogP contribution >= 0.6 is 0 Å². The standard InChI is InChI=1S/C54H90N6O16/c1-16-40-54(9,68)46(63)42(56-71-29-55)30(2)26-52(7,67)47(76-51-44(62)39(57(10)11)24-31(3)72-51)32(4)45(33(5)50(66)74-40)75-41-27-53(8,69-15)48(34(6)73-41)70-23-22-59(14)21-17-18-35-19-20-38-36(25-35)43(61)37(49(64)65)28-60(38)58(12)13/h19-20,25,28,30-34,39-41,44-48,51,62-63,67-68H,16-18,21-24,26-27,29,55H2,1-15H3,(H,64,65)/b56-42+/t30-,31-,32+,33-,34+,39+,40-,41+,44-,45+,46-,47-,48+,51+,52-,53-,54-/m1/s1. The number of esters is 1. The number of ether oxygens (including phenoxy) is 7. The number of aromatic nitrogens is 1. The zero-order chi connectivity index (χ0) is 56.8. The Morgan fingerprint density at radius 3 is 2.25 bits per heavy atom. The van der Waals surface area contributed by atoms with E-state index >= 15 is 0 Å². The summed E-state index contributed by atoms with van der Waals surface area (Å²) in [6, 6.07) is 5.21. The molecule has 7 N–H and O–H groups in total. The van der Waals surface area contributed by atoms with E-state index in [4.69, 9.17) is 43.7 Å². The van der Waals surface area contributed by atoms with Crippen LogP contribution in [-0.2, 0) is 49.2 Å². The van der Waals surface area contributed by atoms with Crippen LogP contribution < -0.4 is 16.2 Å². The Morgan fingerprint density at radius 1 is 0.961 bits per heavy atom. The SMILES string of the molecule is CC[C@H]1OC(=O)[C@H](C)[C@@H](O[C@H]2C[C@@](C)(OC)[C@@H](OCCN(C)CCCc3ccc4c(c3)c(=O)c(C(=O)O)cn4N(C)C)[C@H](C)O2)[C@H](C)[C@@H](O[C@@H]2O[C@H](C)C[C@H](N(C)C)[C@H]2O)[C@](C)(O)C[C@@H](C)/C(=N\OCN)[C@@H](O)[C@]1(C)O. The molecule has 3 aliphatic heterocycles. The first-order valence-corrected chi connectivity index (χ1v) is 26.7. The second-order valence-corrected chi connectivity index (χ2v) is 22.5. The Hall–Kier alpha value is -3.88. The average Bonchev–Trinajstić information content (AvgIpc) is 3.34. The minimum atomic E-state index is -2.09. The number of benzene rings is 1. The number of hydrogen-bond acceptors (Lipinski definition) is 20. The summed E-state index contributed by atoms with van der Waals surface area (Å²) in [5.74, 6) is -4.81. The van der Waals surface area contributed by atoms with Crippen LogP contribution in [0.4, 0.5) is 0 Å². The topological polar surface area (TPSA) is 279 Å². The number of carboxylic acid groups (broad SMARTS) is 1. The number of oxime groups is 1. The number of hydrogen-bond donors (Lipinski definition) is 6. The van der Waals surface area contributed by atoms with Gasteiger partial charge in [-0.1, -0.05) is 32.0 Å². The van der Waals surface area contributed by atoms with Gasteiger partial charge in [0.15, 0.2) is 19.3 Å². The Bertz CT molecular complexity index is 2330. The number of carbonyl (C=O) groups excluding carboxylic acids is 1. The van der Waals surface area contributed by atoms with E-state index < -0.39 is 107 Å². The van der Waals surface area contributed by atoms with Gasteiger partial charge in [0.1, 0.15) is 35.6 Å². The quantitative estimate of drug-likeness (QED) is 0.0670. The van der Waals surface area contributed by atoms with Crippen molar-refractivity contribution in [1.29, 1.82) is 0 Å². The third-order valence-corrected chi connectivity index (χ3v) is 15.8. The van der Waals surface area contributed by atoms with Gasteiger partial charge in [0, 0.05) is 63.6 Å². The average molecular weight is 1080 g/mol. The predicted molar refractivity (Wildman–Crippen MR) is 284 cm³/mol. The molecule has 3 fully saturated rings. The highest BCUT2D eigenvalue weighted by atomic mass is 16.7. The van der Waals surface area contributed by atoms with Crippen LogP contribution in [0.15, 0.2) is 34.3 Å². The van der Waals surface area contributed by atoms with E-state index in [0.717, 1.165) is 12.0 Å². The molecule has 1 aromatic carbocycles. The minimum Gasteiger partial charge on any atom is -0.477 e. The van der Waals surface area contributed by atoms with E-state index in [-0.39, 0.29) is 49.4 Å². The summed E-state index contributed by atoms with van der Waals surface area (Å²) < 4.78 is 47.1. The highest BCUT2D eigenvalue weighted by molar-refractivity contribution is 5.93. The molecule has 1 aromatic heterocycles. The number of carbonyl (C=O) groups is 2. The number of cyclic esters (lactones) is 1. The molecule has 4 heterocycles. The Balaban J connectivity index is 1.37. The summed E-state index contributed by atoms with van der Waals surface area (Å²) in [5, 5.41) is 64.3. The van der Waals surface area contributed by atoms with Crippen molar-refractivity contribution in [3.05, 3.63) is 45.7 Å². The predicted octanol–water partition coefficient (Wildman–Crippen LogP) is 2.67. The molecule has 0 unspecified atom stereocenters. The van der Waals surface area contributed by atoms with Crippen molar-refractivity contribution in [1.82, 2.24) is 14.5 Å². The first-order valence-electron chi connectivity index (χ1n) is 26.7. The van der Waals surface area contributed by atoms with Crippen molar-refractivity contribution in [2.75, 3.05) is 73.8 Å². The second-order valence-electron chi connectivity index (χ2n) is 22.5. The number of nitrogens with two attached hydrogens (primary N) is 1. The van der Waals surface area contributed by atoms with Gasteiger partial charge in [-0.2, -0.15) is 0 Å². The van der Waals surface area contributed by atoms with Crippen molar-refractivity contribution in [2.24, 2.45) is 28.6 Å². The summed E-state index contributed by atoms with van der Waals surface area (Å²) in [5.41, 5.74) is 1.44. The summed E-state index contributed by atoms with van der Waals surface area (Å²) in [6.45, 7) is 16.6. The largest absolute Gasteiger partial charge is 0.477 e. The first kappa shape index (κ1) is 63.0. The molecule has 3 aliphatic rings. The van der Waals surface area contributed by atoms with Crippen molar-refractivity contribution in [3.63, 3.8) is 0 Å². The lowest BCUT2D eigenvalue weighted by atomic mass is 9.75. The lowest BCUT2D eigenvalue weighted by Gasteiger charge is -2.49. The van der Waals surface area contributed by atoms with Crippen molar-refractivity contribution in [2.45, 2.75) is 185 Å². The molecule has 0 saturated carbocycles. The van der Waals surface area contributed by atoms with Gasteiger partial charge in [-0.3, -0.25) is 20.0 Å². The molecule has 17 atom stereocenters. The Labute approximate surface area is 448 Å². The minimum absolute atomic E-state index is 0.0463. The van der Waals surface area contributed by atoms with Crippen LogP contribution in [0.25, 0.3) is 10.9 Å². The molecule has 2 aromatic rings. The molecule has 0 aliphatic carbocycles. The van der Waals surface area contributed by atoms with Crippen molar-refractivity contribution < 1.29 is 73.1 Å². The molecule has 76 heavy (non-hydrogen) atoms. The number of aryl methyl sites for hydroxylation is 1. The Morgan fingerprint density at radius 2 is 1.64 bits per heavy atom. The number of aliphatic hydroxyl groups is 4. The molecule has 5 rings (SSSR count). The smallest absolute Gasteiger partial charge is 0.341 e. The lowest BCUT2D eigenvalue weighted by Crippen LogP contribution is -2.61. The lowest BCUT2D eigenvalue weighted by molar-refractivity contribution is -0.320. The number of rotatable bonds is 19. The maximum absolute atomic E-state index is 14.5. The Kier molecular flexibility index (Phi) is 21.9. The molecule has 0 bridgehead atoms. The molecule has 3 saturated heterocycles. The molecular weight excluding hydrogens is 989 g/mol. The van der Waals surface area contributed by atoms with Crippen LogP contribution in [0.3, 0.4) is 0 Å². The summed E-state index contributed by atoms with van der Waals surface area (Å²) >= 11 is 0. The fourth-order valence-electron chi connectivity index (χ4n) is 11.4. The van der Waals surface area contributed by atoms with Gasteiger partial charge in [0.05, 0.1) is 59.4 Å². The van der Waals surface area contributed by atoms with Crippen LogP contribution in [0.1, 0.15) is 110 Å².